The zero-order valence-corrected chi connectivity index (χ0v) is 18.1. The van der Waals surface area contributed by atoms with Gasteiger partial charge in [0.05, 0.1) is 17.7 Å². The van der Waals surface area contributed by atoms with Crippen molar-refractivity contribution in [3.8, 4) is 0 Å². The molecule has 0 spiro atoms. The minimum Gasteiger partial charge on any atom is -0.480 e. The molecule has 2 rings (SSSR count). The van der Waals surface area contributed by atoms with E-state index in [0.717, 1.165) is 10.0 Å². The van der Waals surface area contributed by atoms with Gasteiger partial charge in [-0.05, 0) is 25.5 Å². The summed E-state index contributed by atoms with van der Waals surface area (Å²) in [5.41, 5.74) is 5.73. The second-order valence-corrected chi connectivity index (χ2v) is 7.69. The fourth-order valence-electron chi connectivity index (χ4n) is 3.07. The Bertz CT molecular complexity index is 973. The zero-order chi connectivity index (χ0) is 24.2. The molecule has 4 amide bonds. The standard InChI is InChI=1S/C21H26N4O7/c1-11(2)18(28)24(9-8-23-17(27)7-6-16(22)21(31)32)25-19(29)14-5-4-13(12(3)26)10-15(14)20(25)30/h4-5,10-11,16H,6-9,22H2,1-3H3,(H,23,27)(H,31,32)/t16-/m1/s1. The van der Waals surface area contributed by atoms with E-state index in [1.807, 2.05) is 0 Å². The number of nitrogens with zero attached hydrogens (tertiary/aromatic N) is 2. The smallest absolute Gasteiger partial charge is 0.320 e. The Kier molecular flexibility index (Phi) is 7.82. The van der Waals surface area contributed by atoms with Gasteiger partial charge in [0.2, 0.25) is 11.8 Å². The van der Waals surface area contributed by atoms with E-state index in [1.54, 1.807) is 13.8 Å². The first-order valence-corrected chi connectivity index (χ1v) is 10.1. The molecule has 11 heteroatoms. The summed E-state index contributed by atoms with van der Waals surface area (Å²) in [6.07, 6.45) is -0.195. The number of carboxylic acids is 1. The average Bonchev–Trinajstić information content (AvgIpc) is 2.98. The van der Waals surface area contributed by atoms with Gasteiger partial charge in [0.15, 0.2) is 5.78 Å². The number of carbonyl (C=O) groups is 6. The van der Waals surface area contributed by atoms with E-state index >= 15 is 0 Å². The van der Waals surface area contributed by atoms with Crippen molar-refractivity contribution in [2.24, 2.45) is 11.7 Å². The van der Waals surface area contributed by atoms with Crippen LogP contribution in [0.5, 0.6) is 0 Å². The molecule has 1 aromatic carbocycles. The number of fused-ring (bicyclic) bond motifs is 1. The molecular weight excluding hydrogens is 420 g/mol. The Morgan fingerprint density at radius 3 is 2.31 bits per heavy atom. The van der Waals surface area contributed by atoms with Crippen LogP contribution in [0.25, 0.3) is 0 Å². The van der Waals surface area contributed by atoms with Crippen LogP contribution in [0.15, 0.2) is 18.2 Å². The van der Waals surface area contributed by atoms with Gasteiger partial charge >= 0.3 is 5.97 Å². The molecule has 1 aliphatic rings. The number of aliphatic carboxylic acids is 1. The Morgan fingerprint density at radius 2 is 1.75 bits per heavy atom. The molecule has 0 aromatic heterocycles. The van der Waals surface area contributed by atoms with Gasteiger partial charge in [-0.3, -0.25) is 28.8 Å². The highest BCUT2D eigenvalue weighted by Gasteiger charge is 2.42. The number of hydrogen-bond donors (Lipinski definition) is 3. The summed E-state index contributed by atoms with van der Waals surface area (Å²) in [5, 5.41) is 13.0. The molecule has 4 N–H and O–H groups in total. The zero-order valence-electron chi connectivity index (χ0n) is 18.1. The molecule has 32 heavy (non-hydrogen) atoms. The molecule has 11 nitrogen and oxygen atoms in total. The number of rotatable bonds is 10. The van der Waals surface area contributed by atoms with E-state index in [1.165, 1.54) is 25.1 Å². The fourth-order valence-corrected chi connectivity index (χ4v) is 3.07. The number of ketones is 1. The van der Waals surface area contributed by atoms with Crippen LogP contribution in [0.1, 0.15) is 64.7 Å². The molecule has 0 saturated carbocycles. The van der Waals surface area contributed by atoms with E-state index < -0.39 is 41.6 Å². The average molecular weight is 446 g/mol. The third kappa shape index (κ3) is 5.35. The third-order valence-electron chi connectivity index (χ3n) is 4.91. The number of imide groups is 1. The number of Topliss-reactive ketones (excluding diaryl/α,β-unsaturated/α-hetero) is 1. The maximum absolute atomic E-state index is 12.9. The van der Waals surface area contributed by atoms with Gasteiger partial charge < -0.3 is 16.2 Å². The molecule has 1 aromatic rings. The normalized spacial score (nSPS) is 13.7. The van der Waals surface area contributed by atoms with Crippen molar-refractivity contribution < 1.29 is 33.9 Å². The number of carbonyl (C=O) groups excluding carboxylic acids is 5. The lowest BCUT2D eigenvalue weighted by atomic mass is 10.0. The van der Waals surface area contributed by atoms with Crippen LogP contribution in [-0.2, 0) is 14.4 Å². The molecule has 1 heterocycles. The molecule has 0 radical (unpaired) electrons. The van der Waals surface area contributed by atoms with Crippen LogP contribution in [-0.4, -0.2) is 69.6 Å². The van der Waals surface area contributed by atoms with Gasteiger partial charge in [0.1, 0.15) is 6.04 Å². The Balaban J connectivity index is 2.14. The molecule has 172 valence electrons. The van der Waals surface area contributed by atoms with Crippen molar-refractivity contribution >= 4 is 35.4 Å². The second-order valence-electron chi connectivity index (χ2n) is 7.69. The SMILES string of the molecule is CC(=O)c1ccc2c(c1)C(=O)N(N(CCNC(=O)CC[C@@H](N)C(=O)O)C(=O)C(C)C)C2=O. The quantitative estimate of drug-likeness (QED) is 0.338. The van der Waals surface area contributed by atoms with Crippen LogP contribution in [0.2, 0.25) is 0 Å². The van der Waals surface area contributed by atoms with Crippen LogP contribution < -0.4 is 11.1 Å². The minimum atomic E-state index is -1.22. The monoisotopic (exact) mass is 446 g/mol. The largest absolute Gasteiger partial charge is 0.480 e. The topological polar surface area (TPSA) is 167 Å². The van der Waals surface area contributed by atoms with Crippen LogP contribution in [0.3, 0.4) is 0 Å². The van der Waals surface area contributed by atoms with Crippen molar-refractivity contribution in [2.45, 2.75) is 39.7 Å². The van der Waals surface area contributed by atoms with Crippen molar-refractivity contribution in [3.05, 3.63) is 34.9 Å². The Morgan fingerprint density at radius 1 is 1.12 bits per heavy atom. The lowest BCUT2D eigenvalue weighted by Gasteiger charge is -2.31. The third-order valence-corrected chi connectivity index (χ3v) is 4.91. The molecule has 0 bridgehead atoms. The summed E-state index contributed by atoms with van der Waals surface area (Å²) < 4.78 is 0. The molecule has 1 aliphatic heterocycles. The van der Waals surface area contributed by atoms with Gasteiger partial charge in [-0.2, -0.15) is 5.01 Å². The Hall–Kier alpha value is -3.60. The second kappa shape index (κ2) is 10.1. The molecule has 0 fully saturated rings. The summed E-state index contributed by atoms with van der Waals surface area (Å²) in [6, 6.07) is 2.96. The number of benzene rings is 1. The van der Waals surface area contributed by atoms with E-state index in [9.17, 15) is 28.8 Å². The van der Waals surface area contributed by atoms with Crippen molar-refractivity contribution in [3.63, 3.8) is 0 Å². The highest BCUT2D eigenvalue weighted by atomic mass is 16.4. The van der Waals surface area contributed by atoms with Gasteiger partial charge in [0, 0.05) is 24.4 Å². The number of carboxylic acid groups (broad SMARTS) is 1. The van der Waals surface area contributed by atoms with Crippen molar-refractivity contribution in [1.29, 1.82) is 0 Å². The van der Waals surface area contributed by atoms with Crippen molar-refractivity contribution in [1.82, 2.24) is 15.3 Å². The lowest BCUT2D eigenvalue weighted by Crippen LogP contribution is -2.53. The first-order valence-electron chi connectivity index (χ1n) is 10.1. The Labute approximate surface area is 184 Å². The lowest BCUT2D eigenvalue weighted by molar-refractivity contribution is -0.145. The first-order chi connectivity index (χ1) is 15.0. The number of nitrogens with two attached hydrogens (primary N) is 1. The van der Waals surface area contributed by atoms with Crippen LogP contribution in [0, 0.1) is 5.92 Å². The number of hydrogen-bond acceptors (Lipinski definition) is 7. The van der Waals surface area contributed by atoms with Crippen molar-refractivity contribution in [2.75, 3.05) is 13.1 Å². The van der Waals surface area contributed by atoms with Crippen LogP contribution >= 0.6 is 0 Å². The molecule has 1 atom stereocenters. The molecule has 0 aliphatic carbocycles. The highest BCUT2D eigenvalue weighted by Crippen LogP contribution is 2.26. The van der Waals surface area contributed by atoms with Gasteiger partial charge in [-0.25, -0.2) is 5.01 Å². The highest BCUT2D eigenvalue weighted by molar-refractivity contribution is 6.22. The van der Waals surface area contributed by atoms with E-state index in [0.29, 0.717) is 0 Å². The molecule has 0 unspecified atom stereocenters. The summed E-state index contributed by atoms with van der Waals surface area (Å²) in [5.74, 6) is -4.46. The first kappa shape index (κ1) is 24.7. The predicted molar refractivity (Wildman–Crippen MR) is 111 cm³/mol. The summed E-state index contributed by atoms with van der Waals surface area (Å²) in [7, 11) is 0. The van der Waals surface area contributed by atoms with E-state index in [4.69, 9.17) is 10.8 Å². The fraction of sp³-hybridized carbons (Fsp3) is 0.429. The summed E-state index contributed by atoms with van der Waals surface area (Å²) in [6.45, 7) is 4.30. The summed E-state index contributed by atoms with van der Waals surface area (Å²) in [4.78, 5) is 72.8. The minimum absolute atomic E-state index is 0.0240. The maximum Gasteiger partial charge on any atom is 0.320 e. The van der Waals surface area contributed by atoms with Gasteiger partial charge in [-0.15, -0.1) is 0 Å². The number of nitrogens with one attached hydrogen (secondary N) is 1. The number of amides is 4. The molecule has 0 saturated heterocycles. The van der Waals surface area contributed by atoms with E-state index in [2.05, 4.69) is 5.32 Å². The van der Waals surface area contributed by atoms with Gasteiger partial charge in [-0.1, -0.05) is 19.9 Å². The predicted octanol–water partition coefficient (Wildman–Crippen LogP) is 0.193. The molecular formula is C21H26N4O7. The van der Waals surface area contributed by atoms with Crippen LogP contribution in [0.4, 0.5) is 0 Å². The maximum atomic E-state index is 12.9. The van der Waals surface area contributed by atoms with Gasteiger partial charge in [0.25, 0.3) is 11.8 Å². The van der Waals surface area contributed by atoms with E-state index in [-0.39, 0.29) is 48.4 Å². The number of hydrazine groups is 1. The summed E-state index contributed by atoms with van der Waals surface area (Å²) >= 11 is 0.